The Hall–Kier alpha value is -2.94. The van der Waals surface area contributed by atoms with Gasteiger partial charge < -0.3 is 14.6 Å². The van der Waals surface area contributed by atoms with E-state index in [1.165, 1.54) is 23.3 Å². The van der Waals surface area contributed by atoms with Crippen molar-refractivity contribution in [2.75, 3.05) is 13.1 Å². The van der Waals surface area contributed by atoms with E-state index in [2.05, 4.69) is 24.1 Å². The molecule has 0 aliphatic rings. The zero-order valence-electron chi connectivity index (χ0n) is 18.4. The van der Waals surface area contributed by atoms with Gasteiger partial charge in [-0.1, -0.05) is 51.1 Å². The number of nitrogens with zero attached hydrogens (tertiary/aromatic N) is 3. The summed E-state index contributed by atoms with van der Waals surface area (Å²) in [4.78, 5) is 41.4. The number of carbonyl (C=O) groups is 2. The maximum absolute atomic E-state index is 13.1. The maximum Gasteiger partial charge on any atom is 0.273 e. The van der Waals surface area contributed by atoms with Crippen LogP contribution in [-0.4, -0.2) is 39.7 Å². The number of rotatable bonds is 13. The lowest BCUT2D eigenvalue weighted by Crippen LogP contribution is -2.32. The molecule has 174 valence electrons. The van der Waals surface area contributed by atoms with Crippen LogP contribution >= 0.6 is 11.6 Å². The van der Waals surface area contributed by atoms with Crippen LogP contribution < -0.4 is 5.32 Å². The zero-order chi connectivity index (χ0) is 23.5. The number of nitrogens with one attached hydrogen (secondary N) is 1. The lowest BCUT2D eigenvalue weighted by Gasteiger charge is -2.21. The molecule has 0 atom stereocenters. The highest BCUT2D eigenvalue weighted by Gasteiger charge is 2.23. The second kappa shape index (κ2) is 12.8. The predicted molar refractivity (Wildman–Crippen MR) is 121 cm³/mol. The number of non-ortho nitro benzene ring substituents is 1. The van der Waals surface area contributed by atoms with Crippen LogP contribution in [0.1, 0.15) is 79.1 Å². The van der Waals surface area contributed by atoms with Gasteiger partial charge in [0, 0.05) is 25.2 Å². The third kappa shape index (κ3) is 7.33. The monoisotopic (exact) mass is 464 g/mol. The van der Waals surface area contributed by atoms with Gasteiger partial charge in [-0.2, -0.15) is 0 Å². The second-order valence-corrected chi connectivity index (χ2v) is 7.85. The number of unbranched alkanes of at least 4 members (excludes halogenated alkanes) is 4. The Balaban J connectivity index is 2.12. The molecule has 0 fully saturated rings. The highest BCUT2D eigenvalue weighted by atomic mass is 35.5. The molecule has 2 aromatic rings. The molecule has 0 unspecified atom stereocenters. The van der Waals surface area contributed by atoms with Gasteiger partial charge in [-0.3, -0.25) is 19.7 Å². The minimum Gasteiger partial charge on any atom is -0.446 e. The first-order chi connectivity index (χ1) is 15.4. The number of amides is 2. The summed E-state index contributed by atoms with van der Waals surface area (Å²) in [6.45, 7) is 5.19. The van der Waals surface area contributed by atoms with Crippen LogP contribution in [0.25, 0.3) is 0 Å². The quantitative estimate of drug-likeness (QED) is 0.253. The van der Waals surface area contributed by atoms with Gasteiger partial charge in [0.2, 0.25) is 5.89 Å². The van der Waals surface area contributed by atoms with E-state index in [1.54, 1.807) is 0 Å². The molecule has 0 saturated heterocycles. The molecule has 2 amide bonds. The Bertz CT molecular complexity index is 931. The smallest absolute Gasteiger partial charge is 0.273 e. The Morgan fingerprint density at radius 3 is 2.56 bits per heavy atom. The van der Waals surface area contributed by atoms with Crippen molar-refractivity contribution < 1.29 is 18.9 Å². The average Bonchev–Trinajstić information content (AvgIpc) is 3.24. The second-order valence-electron chi connectivity index (χ2n) is 7.44. The van der Waals surface area contributed by atoms with Crippen LogP contribution in [0.4, 0.5) is 5.69 Å². The van der Waals surface area contributed by atoms with Crippen LogP contribution in [0.15, 0.2) is 28.9 Å². The summed E-state index contributed by atoms with van der Waals surface area (Å²) in [5.74, 6) is -0.477. The maximum atomic E-state index is 13.1. The molecular weight excluding hydrogens is 436 g/mol. The molecule has 1 aromatic heterocycles. The molecule has 10 heteroatoms. The lowest BCUT2D eigenvalue weighted by atomic mass is 10.1. The summed E-state index contributed by atoms with van der Waals surface area (Å²) >= 11 is 6.15. The lowest BCUT2D eigenvalue weighted by molar-refractivity contribution is -0.384. The summed E-state index contributed by atoms with van der Waals surface area (Å²) in [6, 6.07) is 3.75. The Morgan fingerprint density at radius 1 is 1.19 bits per heavy atom. The van der Waals surface area contributed by atoms with Crippen molar-refractivity contribution in [1.29, 1.82) is 0 Å². The molecule has 9 nitrogen and oxygen atoms in total. The van der Waals surface area contributed by atoms with Gasteiger partial charge in [0.15, 0.2) is 5.69 Å². The standard InChI is InChI=1S/C22H29ClN4O5/c1-3-5-7-11-24-21(28)19-15-32-20(25-19)14-26(12-8-6-4-2)22(29)17-10-9-16(27(30)31)13-18(17)23/h9-10,13,15H,3-8,11-12,14H2,1-2H3,(H,24,28). The Labute approximate surface area is 192 Å². The van der Waals surface area contributed by atoms with E-state index in [9.17, 15) is 19.7 Å². The summed E-state index contributed by atoms with van der Waals surface area (Å²) in [7, 11) is 0. The molecule has 0 aliphatic heterocycles. The minimum atomic E-state index is -0.569. The van der Waals surface area contributed by atoms with Crippen molar-refractivity contribution in [3.05, 3.63) is 56.7 Å². The first-order valence-electron chi connectivity index (χ1n) is 10.8. The number of nitro benzene ring substituents is 1. The Morgan fingerprint density at radius 2 is 1.91 bits per heavy atom. The SMILES string of the molecule is CCCCCNC(=O)c1coc(CN(CCCCC)C(=O)c2ccc([N+](=O)[O-])cc2Cl)n1. The summed E-state index contributed by atoms with van der Waals surface area (Å²) in [6.07, 6.45) is 6.92. The number of halogens is 1. The van der Waals surface area contributed by atoms with Gasteiger partial charge in [-0.15, -0.1) is 0 Å². The number of hydrogen-bond acceptors (Lipinski definition) is 6. The molecule has 0 bridgehead atoms. The van der Waals surface area contributed by atoms with Gasteiger partial charge in [0.05, 0.1) is 22.1 Å². The molecule has 0 aliphatic carbocycles. The highest BCUT2D eigenvalue weighted by molar-refractivity contribution is 6.34. The molecule has 32 heavy (non-hydrogen) atoms. The van der Waals surface area contributed by atoms with Crippen molar-refractivity contribution in [2.45, 2.75) is 58.9 Å². The fourth-order valence-corrected chi connectivity index (χ4v) is 3.34. The molecule has 2 rings (SSSR count). The van der Waals surface area contributed by atoms with E-state index in [1.807, 2.05) is 0 Å². The number of aromatic nitrogens is 1. The van der Waals surface area contributed by atoms with Gasteiger partial charge in [-0.25, -0.2) is 4.98 Å². The van der Waals surface area contributed by atoms with E-state index in [0.29, 0.717) is 13.1 Å². The van der Waals surface area contributed by atoms with Crippen LogP contribution in [0, 0.1) is 10.1 Å². The van der Waals surface area contributed by atoms with Crippen molar-refractivity contribution in [1.82, 2.24) is 15.2 Å². The molecule has 0 saturated carbocycles. The van der Waals surface area contributed by atoms with Crippen molar-refractivity contribution in [3.8, 4) is 0 Å². The third-order valence-electron chi connectivity index (χ3n) is 4.89. The molecule has 1 aromatic carbocycles. The van der Waals surface area contributed by atoms with E-state index in [0.717, 1.165) is 44.6 Å². The van der Waals surface area contributed by atoms with Crippen molar-refractivity contribution in [3.63, 3.8) is 0 Å². The summed E-state index contributed by atoms with van der Waals surface area (Å²) in [5.41, 5.74) is 0.131. The molecule has 1 N–H and O–H groups in total. The van der Waals surface area contributed by atoms with E-state index < -0.39 is 4.92 Å². The van der Waals surface area contributed by atoms with Crippen LogP contribution in [0.3, 0.4) is 0 Å². The first kappa shape index (κ1) is 25.3. The van der Waals surface area contributed by atoms with Gasteiger partial charge >= 0.3 is 0 Å². The number of benzene rings is 1. The van der Waals surface area contributed by atoms with Crippen LogP contribution in [-0.2, 0) is 6.54 Å². The fourth-order valence-electron chi connectivity index (χ4n) is 3.08. The highest BCUT2D eigenvalue weighted by Crippen LogP contribution is 2.24. The molecule has 0 radical (unpaired) electrons. The number of oxazole rings is 1. The van der Waals surface area contributed by atoms with E-state index in [4.69, 9.17) is 16.0 Å². The van der Waals surface area contributed by atoms with Crippen LogP contribution in [0.5, 0.6) is 0 Å². The zero-order valence-corrected chi connectivity index (χ0v) is 19.2. The summed E-state index contributed by atoms with van der Waals surface area (Å²) in [5, 5.41) is 13.7. The van der Waals surface area contributed by atoms with Gasteiger partial charge in [0.1, 0.15) is 6.26 Å². The normalized spacial score (nSPS) is 10.7. The van der Waals surface area contributed by atoms with E-state index in [-0.39, 0.29) is 46.2 Å². The fraction of sp³-hybridized carbons (Fsp3) is 0.500. The van der Waals surface area contributed by atoms with Crippen molar-refractivity contribution >= 4 is 29.1 Å². The third-order valence-corrected chi connectivity index (χ3v) is 5.20. The van der Waals surface area contributed by atoms with Crippen molar-refractivity contribution in [2.24, 2.45) is 0 Å². The number of hydrogen-bond donors (Lipinski definition) is 1. The summed E-state index contributed by atoms with van der Waals surface area (Å²) < 4.78 is 5.43. The molecular formula is C22H29ClN4O5. The minimum absolute atomic E-state index is 0.00393. The van der Waals surface area contributed by atoms with E-state index >= 15 is 0 Å². The van der Waals surface area contributed by atoms with Gasteiger partial charge in [0.25, 0.3) is 17.5 Å². The number of nitro groups is 1. The average molecular weight is 465 g/mol. The van der Waals surface area contributed by atoms with Crippen LogP contribution in [0.2, 0.25) is 5.02 Å². The topological polar surface area (TPSA) is 119 Å². The predicted octanol–water partition coefficient (Wildman–Crippen LogP) is 4.99. The largest absolute Gasteiger partial charge is 0.446 e. The molecule has 1 heterocycles. The van der Waals surface area contributed by atoms with Gasteiger partial charge in [-0.05, 0) is 18.9 Å². The Kier molecular flexibility index (Phi) is 10.1. The first-order valence-corrected chi connectivity index (χ1v) is 11.2. The molecule has 0 spiro atoms. The number of carbonyl (C=O) groups excluding carboxylic acids is 2.